The lowest BCUT2D eigenvalue weighted by atomic mass is 9.85. The molecule has 4 rings (SSSR count). The number of benzene rings is 3. The minimum Gasteiger partial charge on any atom is -0.346 e. The number of urea groups is 1. The summed E-state index contributed by atoms with van der Waals surface area (Å²) in [5.74, 6) is -4.41. The number of Topliss-reactive ketones (excluding diaryl/α,β-unsaturated/α-hetero) is 1. The summed E-state index contributed by atoms with van der Waals surface area (Å²) in [6.45, 7) is 5.03. The first-order valence-electron chi connectivity index (χ1n) is 12.9. The van der Waals surface area contributed by atoms with Gasteiger partial charge in [-0.25, -0.2) is 4.79 Å². The number of fused-ring (bicyclic) bond motifs is 1. The quantitative estimate of drug-likeness (QED) is 0.248. The SMILES string of the molecule is CC(C)C(NC(=O)CC(NC(=O)Nc1cccc2ccccc12)c1ccccc1)C(=O)[C@@H]1C(=O)NC(=O)[C@H]1C. The van der Waals surface area contributed by atoms with E-state index in [-0.39, 0.29) is 12.3 Å². The maximum Gasteiger partial charge on any atom is 0.319 e. The second-order valence-electron chi connectivity index (χ2n) is 10.1. The van der Waals surface area contributed by atoms with Crippen molar-refractivity contribution in [3.63, 3.8) is 0 Å². The van der Waals surface area contributed by atoms with Crippen LogP contribution in [0.1, 0.15) is 38.8 Å². The first kappa shape index (κ1) is 27.5. The molecule has 9 nitrogen and oxygen atoms in total. The highest BCUT2D eigenvalue weighted by atomic mass is 16.2. The van der Waals surface area contributed by atoms with Gasteiger partial charge in [0.15, 0.2) is 5.78 Å². The van der Waals surface area contributed by atoms with Crippen molar-refractivity contribution in [1.82, 2.24) is 16.0 Å². The summed E-state index contributed by atoms with van der Waals surface area (Å²) in [4.78, 5) is 63.6. The molecular weight excluding hydrogens is 496 g/mol. The van der Waals surface area contributed by atoms with Gasteiger partial charge in [-0.1, -0.05) is 87.5 Å². The van der Waals surface area contributed by atoms with Crippen LogP contribution in [0.4, 0.5) is 10.5 Å². The standard InChI is InChI=1S/C30H32N4O5/c1-17(2)26(27(36)25-18(3)28(37)34-29(25)38)33-24(35)16-23(20-11-5-4-6-12-20)32-30(39)31-22-15-9-13-19-10-7-8-14-21(19)22/h4-15,17-18,23,25-26H,16H2,1-3H3,(H,33,35)(H2,31,32,39)(H,34,37,38)/t18-,23?,25+,26?/m0/s1. The third-order valence-corrected chi connectivity index (χ3v) is 6.97. The Hall–Kier alpha value is -4.53. The van der Waals surface area contributed by atoms with Gasteiger partial charge in [-0.15, -0.1) is 0 Å². The van der Waals surface area contributed by atoms with E-state index in [9.17, 15) is 24.0 Å². The van der Waals surface area contributed by atoms with Crippen LogP contribution in [-0.4, -0.2) is 35.6 Å². The van der Waals surface area contributed by atoms with Gasteiger partial charge in [-0.2, -0.15) is 0 Å². The van der Waals surface area contributed by atoms with Crippen molar-refractivity contribution < 1.29 is 24.0 Å². The van der Waals surface area contributed by atoms with Crippen LogP contribution in [0.2, 0.25) is 0 Å². The van der Waals surface area contributed by atoms with Crippen LogP contribution in [0.25, 0.3) is 10.8 Å². The Labute approximate surface area is 226 Å². The maximum absolute atomic E-state index is 13.2. The summed E-state index contributed by atoms with van der Waals surface area (Å²) in [5.41, 5.74) is 1.34. The first-order chi connectivity index (χ1) is 18.7. The molecule has 1 aliphatic rings. The van der Waals surface area contributed by atoms with Crippen LogP contribution in [0.5, 0.6) is 0 Å². The molecule has 0 bridgehead atoms. The van der Waals surface area contributed by atoms with Gasteiger partial charge in [0, 0.05) is 5.39 Å². The molecule has 1 heterocycles. The van der Waals surface area contributed by atoms with Crippen LogP contribution in [0.3, 0.4) is 0 Å². The number of anilines is 1. The summed E-state index contributed by atoms with van der Waals surface area (Å²) in [6.07, 6.45) is -0.144. The van der Waals surface area contributed by atoms with E-state index >= 15 is 0 Å². The van der Waals surface area contributed by atoms with Crippen molar-refractivity contribution in [1.29, 1.82) is 0 Å². The molecular formula is C30H32N4O5. The molecule has 0 aliphatic carbocycles. The fraction of sp³-hybridized carbons (Fsp3) is 0.300. The van der Waals surface area contributed by atoms with Crippen LogP contribution >= 0.6 is 0 Å². The monoisotopic (exact) mass is 528 g/mol. The Balaban J connectivity index is 1.49. The highest BCUT2D eigenvalue weighted by Crippen LogP contribution is 2.25. The smallest absolute Gasteiger partial charge is 0.319 e. The zero-order valence-electron chi connectivity index (χ0n) is 22.1. The van der Waals surface area contributed by atoms with E-state index in [1.165, 1.54) is 6.92 Å². The maximum atomic E-state index is 13.2. The van der Waals surface area contributed by atoms with Crippen molar-refractivity contribution >= 4 is 46.0 Å². The van der Waals surface area contributed by atoms with E-state index < -0.39 is 53.5 Å². The number of carbonyl (C=O) groups is 5. The lowest BCUT2D eigenvalue weighted by Crippen LogP contribution is -2.49. The lowest BCUT2D eigenvalue weighted by molar-refractivity contribution is -0.137. The minimum absolute atomic E-state index is 0.144. The molecule has 1 aliphatic heterocycles. The molecule has 39 heavy (non-hydrogen) atoms. The third-order valence-electron chi connectivity index (χ3n) is 6.97. The van der Waals surface area contributed by atoms with Gasteiger partial charge in [0.1, 0.15) is 5.92 Å². The summed E-state index contributed by atoms with van der Waals surface area (Å²) < 4.78 is 0. The van der Waals surface area contributed by atoms with Gasteiger partial charge in [-0.3, -0.25) is 24.5 Å². The summed E-state index contributed by atoms with van der Waals surface area (Å²) in [7, 11) is 0. The second kappa shape index (κ2) is 11.9. The molecule has 9 heteroatoms. The van der Waals surface area contributed by atoms with Gasteiger partial charge in [0.25, 0.3) is 0 Å². The van der Waals surface area contributed by atoms with Gasteiger partial charge in [-0.05, 0) is 22.9 Å². The molecule has 4 N–H and O–H groups in total. The number of imide groups is 1. The van der Waals surface area contributed by atoms with E-state index in [4.69, 9.17) is 0 Å². The van der Waals surface area contributed by atoms with Crippen LogP contribution < -0.4 is 21.3 Å². The van der Waals surface area contributed by atoms with Crippen LogP contribution in [0, 0.1) is 17.8 Å². The van der Waals surface area contributed by atoms with Crippen molar-refractivity contribution in [2.45, 2.75) is 39.3 Å². The Morgan fingerprint density at radius 2 is 1.51 bits per heavy atom. The lowest BCUT2D eigenvalue weighted by Gasteiger charge is -2.26. The molecule has 3 aromatic carbocycles. The summed E-state index contributed by atoms with van der Waals surface area (Å²) >= 11 is 0. The molecule has 1 saturated heterocycles. The predicted molar refractivity (Wildman–Crippen MR) is 147 cm³/mol. The third kappa shape index (κ3) is 6.31. The average Bonchev–Trinajstić information content (AvgIpc) is 3.17. The molecule has 0 radical (unpaired) electrons. The van der Waals surface area contributed by atoms with E-state index in [0.717, 1.165) is 10.8 Å². The van der Waals surface area contributed by atoms with Crippen LogP contribution in [0.15, 0.2) is 72.8 Å². The van der Waals surface area contributed by atoms with E-state index in [1.54, 1.807) is 32.0 Å². The fourth-order valence-electron chi connectivity index (χ4n) is 4.83. The largest absolute Gasteiger partial charge is 0.346 e. The molecule has 1 fully saturated rings. The average molecular weight is 529 g/mol. The number of amides is 5. The molecule has 2 unspecified atom stereocenters. The minimum atomic E-state index is -1.15. The van der Waals surface area contributed by atoms with Crippen molar-refractivity contribution in [2.24, 2.45) is 17.8 Å². The summed E-state index contributed by atoms with van der Waals surface area (Å²) in [6, 6.07) is 20.2. The van der Waals surface area contributed by atoms with Crippen LogP contribution in [-0.2, 0) is 19.2 Å². The number of rotatable bonds is 9. The molecule has 5 amide bonds. The Bertz CT molecular complexity index is 1400. The molecule has 3 aromatic rings. The van der Waals surface area contributed by atoms with Crippen molar-refractivity contribution in [3.05, 3.63) is 78.4 Å². The van der Waals surface area contributed by atoms with Gasteiger partial charge in [0.05, 0.1) is 30.1 Å². The van der Waals surface area contributed by atoms with E-state index in [2.05, 4.69) is 21.3 Å². The van der Waals surface area contributed by atoms with Gasteiger partial charge < -0.3 is 16.0 Å². The topological polar surface area (TPSA) is 133 Å². The second-order valence-corrected chi connectivity index (χ2v) is 10.1. The highest BCUT2D eigenvalue weighted by Gasteiger charge is 2.46. The Kier molecular flexibility index (Phi) is 8.39. The molecule has 0 spiro atoms. The number of hydrogen-bond donors (Lipinski definition) is 4. The number of nitrogens with one attached hydrogen (secondary N) is 4. The number of hydrogen-bond acceptors (Lipinski definition) is 5. The number of ketones is 1. The summed E-state index contributed by atoms with van der Waals surface area (Å²) in [5, 5.41) is 12.5. The van der Waals surface area contributed by atoms with Gasteiger partial charge >= 0.3 is 6.03 Å². The van der Waals surface area contributed by atoms with E-state index in [0.29, 0.717) is 11.3 Å². The molecule has 202 valence electrons. The Morgan fingerprint density at radius 3 is 2.18 bits per heavy atom. The molecule has 0 saturated carbocycles. The van der Waals surface area contributed by atoms with Crippen molar-refractivity contribution in [2.75, 3.05) is 5.32 Å². The van der Waals surface area contributed by atoms with E-state index in [1.807, 2.05) is 54.6 Å². The predicted octanol–water partition coefficient (Wildman–Crippen LogP) is 3.71. The zero-order valence-corrected chi connectivity index (χ0v) is 22.1. The molecule has 0 aromatic heterocycles. The fourth-order valence-corrected chi connectivity index (χ4v) is 4.83. The first-order valence-corrected chi connectivity index (χ1v) is 12.9. The van der Waals surface area contributed by atoms with Crippen molar-refractivity contribution in [3.8, 4) is 0 Å². The number of carbonyl (C=O) groups excluding carboxylic acids is 5. The zero-order chi connectivity index (χ0) is 28.1. The highest BCUT2D eigenvalue weighted by molar-refractivity contribution is 6.16. The molecule has 4 atom stereocenters. The Morgan fingerprint density at radius 1 is 0.846 bits per heavy atom. The normalized spacial score (nSPS) is 18.4. The van der Waals surface area contributed by atoms with Gasteiger partial charge in [0.2, 0.25) is 17.7 Å².